The maximum absolute atomic E-state index is 10.5. The number of carbonyl (C=O) groups excluding carboxylic acids is 2. The molecule has 8 heteroatoms. The third kappa shape index (κ3) is 13.6. The topological polar surface area (TPSA) is 118 Å². The summed E-state index contributed by atoms with van der Waals surface area (Å²) in [6.07, 6.45) is 0. The van der Waals surface area contributed by atoms with Crippen molar-refractivity contribution in [3.8, 4) is 0 Å². The van der Waals surface area contributed by atoms with Gasteiger partial charge in [-0.2, -0.15) is 8.42 Å². The van der Waals surface area contributed by atoms with Crippen LogP contribution in [0.4, 0.5) is 0 Å². The van der Waals surface area contributed by atoms with Gasteiger partial charge in [0.25, 0.3) is 0 Å². The minimum Gasteiger partial charge on any atom is -0.468 e. The first-order valence-corrected chi connectivity index (χ1v) is 4.77. The zero-order valence-corrected chi connectivity index (χ0v) is 8.74. The first kappa shape index (κ1) is 15.5. The molecule has 0 aliphatic heterocycles. The Balaban J connectivity index is 0. The number of hydrogen-bond donors (Lipinski definition) is 2. The van der Waals surface area contributed by atoms with Crippen LogP contribution in [0.25, 0.3) is 0 Å². The van der Waals surface area contributed by atoms with E-state index in [1.807, 2.05) is 0 Å². The van der Waals surface area contributed by atoms with Crippen molar-refractivity contribution < 1.29 is 31.8 Å². The molecule has 2 N–H and O–H groups in total. The molecule has 0 spiro atoms. The van der Waals surface area contributed by atoms with E-state index < -0.39 is 22.3 Å². The van der Waals surface area contributed by atoms with Gasteiger partial charge < -0.3 is 4.74 Å². The van der Waals surface area contributed by atoms with Gasteiger partial charge in [0.15, 0.2) is 0 Å². The van der Waals surface area contributed by atoms with Crippen LogP contribution < -0.4 is 0 Å². The second kappa shape index (κ2) is 6.46. The predicted octanol–water partition coefficient (Wildman–Crippen LogP) is -0.268. The molecule has 0 radical (unpaired) electrons. The molecule has 0 aromatic heterocycles. The van der Waals surface area contributed by atoms with Crippen molar-refractivity contribution in [2.24, 2.45) is 5.92 Å². The smallest absolute Gasteiger partial charge is 0.394 e. The average molecular weight is 228 g/mol. The molecule has 0 aromatic carbocycles. The molecule has 0 saturated heterocycles. The Labute approximate surface area is 81.6 Å². The second-order valence-electron chi connectivity index (χ2n) is 2.30. The number of carbonyl (C=O) groups is 2. The van der Waals surface area contributed by atoms with Crippen molar-refractivity contribution in [3.05, 3.63) is 0 Å². The Morgan fingerprint density at radius 3 is 1.64 bits per heavy atom. The molecule has 0 rings (SSSR count). The van der Waals surface area contributed by atoms with E-state index in [1.165, 1.54) is 21.0 Å². The molecule has 7 nitrogen and oxygen atoms in total. The summed E-state index contributed by atoms with van der Waals surface area (Å²) in [7, 11) is -3.40. The highest BCUT2D eigenvalue weighted by atomic mass is 32.3. The average Bonchev–Trinajstić information content (AvgIpc) is 1.98. The van der Waals surface area contributed by atoms with Crippen LogP contribution >= 0.6 is 0 Å². The van der Waals surface area contributed by atoms with E-state index in [1.54, 1.807) is 0 Å². The van der Waals surface area contributed by atoms with Crippen molar-refractivity contribution in [1.82, 2.24) is 0 Å². The summed E-state index contributed by atoms with van der Waals surface area (Å²) in [6, 6.07) is 0. The zero-order chi connectivity index (χ0) is 11.9. The summed E-state index contributed by atoms with van der Waals surface area (Å²) in [4.78, 5) is 21.0. The zero-order valence-electron chi connectivity index (χ0n) is 7.92. The molecule has 0 aliphatic rings. The lowest BCUT2D eigenvalue weighted by Gasteiger charge is -2.02. The SMILES string of the molecule is COC(=O)C(C)C(C)=O.O=S(=O)(O)O. The van der Waals surface area contributed by atoms with Gasteiger partial charge >= 0.3 is 16.4 Å². The third-order valence-electron chi connectivity index (χ3n) is 1.16. The lowest BCUT2D eigenvalue weighted by molar-refractivity contribution is -0.148. The van der Waals surface area contributed by atoms with Crippen molar-refractivity contribution in [3.63, 3.8) is 0 Å². The Morgan fingerprint density at radius 2 is 1.57 bits per heavy atom. The highest BCUT2D eigenvalue weighted by Crippen LogP contribution is 1.97. The first-order chi connectivity index (χ1) is 6.09. The Hall–Kier alpha value is -0.990. The van der Waals surface area contributed by atoms with Gasteiger partial charge in [-0.3, -0.25) is 18.7 Å². The highest BCUT2D eigenvalue weighted by Gasteiger charge is 2.16. The van der Waals surface area contributed by atoms with Crippen LogP contribution in [-0.4, -0.2) is 36.4 Å². The van der Waals surface area contributed by atoms with E-state index in [-0.39, 0.29) is 5.78 Å². The summed E-state index contributed by atoms with van der Waals surface area (Å²) in [6.45, 7) is 2.88. The van der Waals surface area contributed by atoms with Gasteiger partial charge in [-0.15, -0.1) is 0 Å². The molecule has 1 unspecified atom stereocenters. The third-order valence-corrected chi connectivity index (χ3v) is 1.16. The van der Waals surface area contributed by atoms with E-state index in [0.29, 0.717) is 0 Å². The minimum absolute atomic E-state index is 0.165. The number of hydrogen-bond acceptors (Lipinski definition) is 5. The lowest BCUT2D eigenvalue weighted by atomic mass is 10.1. The maximum Gasteiger partial charge on any atom is 0.394 e. The van der Waals surface area contributed by atoms with Gasteiger partial charge in [0.2, 0.25) is 0 Å². The van der Waals surface area contributed by atoms with E-state index in [9.17, 15) is 9.59 Å². The van der Waals surface area contributed by atoms with Crippen LogP contribution in [0.3, 0.4) is 0 Å². The van der Waals surface area contributed by atoms with Crippen LogP contribution in [0, 0.1) is 5.92 Å². The summed E-state index contributed by atoms with van der Waals surface area (Å²) >= 11 is 0. The second-order valence-corrected chi connectivity index (χ2v) is 3.20. The van der Waals surface area contributed by atoms with Crippen LogP contribution in [0.1, 0.15) is 13.8 Å². The largest absolute Gasteiger partial charge is 0.468 e. The summed E-state index contributed by atoms with van der Waals surface area (Å²) in [5.41, 5.74) is 0. The summed E-state index contributed by atoms with van der Waals surface area (Å²) in [5.74, 6) is -1.25. The number of Topliss-reactive ketones (excluding diaryl/α,β-unsaturated/α-hetero) is 1. The number of esters is 1. The maximum atomic E-state index is 10.5. The lowest BCUT2D eigenvalue weighted by Crippen LogP contribution is -2.19. The number of ether oxygens (including phenoxy) is 1. The van der Waals surface area contributed by atoms with Crippen molar-refractivity contribution in [2.75, 3.05) is 7.11 Å². The fourth-order valence-corrected chi connectivity index (χ4v) is 0.343. The van der Waals surface area contributed by atoms with Crippen molar-refractivity contribution >= 4 is 22.2 Å². The minimum atomic E-state index is -4.67. The number of ketones is 1. The van der Waals surface area contributed by atoms with Gasteiger partial charge in [0.1, 0.15) is 11.7 Å². The fraction of sp³-hybridized carbons (Fsp3) is 0.667. The van der Waals surface area contributed by atoms with Gasteiger partial charge in [0.05, 0.1) is 7.11 Å². The summed E-state index contributed by atoms with van der Waals surface area (Å²) < 4.78 is 35.9. The standard InChI is InChI=1S/C6H10O3.H2O4S/c1-4(5(2)7)6(8)9-3;1-5(2,3)4/h4H,1-3H3;(H2,1,2,3,4). The van der Waals surface area contributed by atoms with Crippen molar-refractivity contribution in [1.29, 1.82) is 0 Å². The molecule has 14 heavy (non-hydrogen) atoms. The van der Waals surface area contributed by atoms with E-state index in [0.717, 1.165) is 0 Å². The Kier molecular flexibility index (Phi) is 7.15. The molecule has 0 bridgehead atoms. The quantitative estimate of drug-likeness (QED) is 0.379. The van der Waals surface area contributed by atoms with Crippen LogP contribution in [0.5, 0.6) is 0 Å². The predicted molar refractivity (Wildman–Crippen MR) is 46.0 cm³/mol. The molecule has 0 heterocycles. The molecule has 0 aromatic rings. The molecule has 0 saturated carbocycles. The Morgan fingerprint density at radius 1 is 1.29 bits per heavy atom. The molecule has 0 aliphatic carbocycles. The monoisotopic (exact) mass is 228 g/mol. The van der Waals surface area contributed by atoms with Crippen LogP contribution in [0.2, 0.25) is 0 Å². The highest BCUT2D eigenvalue weighted by molar-refractivity contribution is 7.79. The first-order valence-electron chi connectivity index (χ1n) is 3.37. The molecule has 84 valence electrons. The normalized spacial score (nSPS) is 12.1. The molecule has 1 atom stereocenters. The van der Waals surface area contributed by atoms with Gasteiger partial charge in [-0.05, 0) is 13.8 Å². The van der Waals surface area contributed by atoms with Gasteiger partial charge in [-0.25, -0.2) is 0 Å². The van der Waals surface area contributed by atoms with E-state index in [4.69, 9.17) is 17.5 Å². The molecule has 0 amide bonds. The molecule has 0 fully saturated rings. The van der Waals surface area contributed by atoms with E-state index >= 15 is 0 Å². The van der Waals surface area contributed by atoms with Crippen LogP contribution in [-0.2, 0) is 24.7 Å². The van der Waals surface area contributed by atoms with Crippen LogP contribution in [0.15, 0.2) is 0 Å². The fourth-order valence-electron chi connectivity index (χ4n) is 0.343. The van der Waals surface area contributed by atoms with Gasteiger partial charge in [0, 0.05) is 0 Å². The van der Waals surface area contributed by atoms with Crippen molar-refractivity contribution in [2.45, 2.75) is 13.8 Å². The van der Waals surface area contributed by atoms with Gasteiger partial charge in [-0.1, -0.05) is 0 Å². The molecular formula is C6H12O7S. The Bertz CT molecular complexity index is 283. The molecular weight excluding hydrogens is 216 g/mol. The van der Waals surface area contributed by atoms with E-state index in [2.05, 4.69) is 4.74 Å². The number of rotatable bonds is 2. The number of methoxy groups -OCH3 is 1. The summed E-state index contributed by atoms with van der Waals surface area (Å²) in [5, 5.41) is 0.